The zero-order valence-electron chi connectivity index (χ0n) is 14.6. The molecule has 0 aliphatic carbocycles. The van der Waals surface area contributed by atoms with Gasteiger partial charge in [-0.2, -0.15) is 0 Å². The Morgan fingerprint density at radius 2 is 1.80 bits per heavy atom. The maximum atomic E-state index is 13.7. The van der Waals surface area contributed by atoms with E-state index in [1.165, 1.54) is 26.2 Å². The van der Waals surface area contributed by atoms with E-state index in [9.17, 15) is 17.6 Å². The van der Waals surface area contributed by atoms with E-state index >= 15 is 0 Å². The smallest absolute Gasteiger partial charge is 0.242 e. The van der Waals surface area contributed by atoms with Crippen LogP contribution < -0.4 is 5.32 Å². The van der Waals surface area contributed by atoms with Gasteiger partial charge in [0.1, 0.15) is 5.82 Å². The molecule has 0 aliphatic rings. The van der Waals surface area contributed by atoms with Gasteiger partial charge in [-0.05, 0) is 48.7 Å². The maximum absolute atomic E-state index is 13.7. The minimum absolute atomic E-state index is 0.0989. The van der Waals surface area contributed by atoms with Crippen LogP contribution in [0.2, 0.25) is 0 Å². The van der Waals surface area contributed by atoms with Crippen molar-refractivity contribution in [2.24, 2.45) is 0 Å². The zero-order chi connectivity index (χ0) is 18.8. The fraction of sp³-hybridized carbons (Fsp3) is 0.278. The number of carbonyl (C=O) groups excluding carboxylic acids is 1. The van der Waals surface area contributed by atoms with Crippen LogP contribution in [0.15, 0.2) is 41.3 Å². The van der Waals surface area contributed by atoms with Gasteiger partial charge in [0.05, 0.1) is 11.3 Å². The van der Waals surface area contributed by atoms with Gasteiger partial charge in [0.25, 0.3) is 0 Å². The summed E-state index contributed by atoms with van der Waals surface area (Å²) in [5, 5.41) is 2.69. The highest BCUT2D eigenvalue weighted by molar-refractivity contribution is 7.89. The molecule has 5 nitrogen and oxygen atoms in total. The van der Waals surface area contributed by atoms with Gasteiger partial charge in [0.15, 0.2) is 0 Å². The Hall–Kier alpha value is -2.25. The third kappa shape index (κ3) is 4.24. The van der Waals surface area contributed by atoms with Crippen LogP contribution in [0.3, 0.4) is 0 Å². The molecule has 0 aliphatic heterocycles. The summed E-state index contributed by atoms with van der Waals surface area (Å²) < 4.78 is 39.5. The monoisotopic (exact) mass is 364 g/mol. The Labute approximate surface area is 147 Å². The van der Waals surface area contributed by atoms with E-state index in [0.29, 0.717) is 5.69 Å². The molecule has 0 unspecified atom stereocenters. The fourth-order valence-corrected chi connectivity index (χ4v) is 3.34. The number of anilines is 1. The largest absolute Gasteiger partial charge is 0.326 e. The number of rotatable bonds is 5. The van der Waals surface area contributed by atoms with Gasteiger partial charge < -0.3 is 5.32 Å². The first kappa shape index (κ1) is 19.1. The number of amides is 1. The predicted octanol–water partition coefficient (Wildman–Crippen LogP) is 2.87. The number of sulfonamides is 1. The normalized spacial score (nSPS) is 11.6. The highest BCUT2D eigenvalue weighted by atomic mass is 32.2. The predicted molar refractivity (Wildman–Crippen MR) is 95.5 cm³/mol. The molecule has 1 amide bonds. The molecule has 7 heteroatoms. The lowest BCUT2D eigenvalue weighted by atomic mass is 10.1. The van der Waals surface area contributed by atoms with E-state index in [1.54, 1.807) is 38.1 Å². The van der Waals surface area contributed by atoms with Crippen LogP contribution >= 0.6 is 0 Å². The third-order valence-electron chi connectivity index (χ3n) is 4.00. The quantitative estimate of drug-likeness (QED) is 0.887. The summed E-state index contributed by atoms with van der Waals surface area (Å²) in [4.78, 5) is 12.4. The third-order valence-corrected chi connectivity index (χ3v) is 5.80. The van der Waals surface area contributed by atoms with E-state index < -0.39 is 21.7 Å². The van der Waals surface area contributed by atoms with Crippen molar-refractivity contribution in [2.75, 3.05) is 19.4 Å². The van der Waals surface area contributed by atoms with Crippen molar-refractivity contribution in [3.63, 3.8) is 0 Å². The summed E-state index contributed by atoms with van der Waals surface area (Å²) in [5.41, 5.74) is 2.19. The number of nitrogens with zero attached hydrogens (tertiary/aromatic N) is 1. The molecule has 0 saturated heterocycles. The van der Waals surface area contributed by atoms with Crippen LogP contribution in [0, 0.1) is 19.7 Å². The van der Waals surface area contributed by atoms with Crippen LogP contribution in [0.1, 0.15) is 16.7 Å². The zero-order valence-corrected chi connectivity index (χ0v) is 15.4. The second-order valence-corrected chi connectivity index (χ2v) is 8.17. The number of aryl methyl sites for hydroxylation is 1. The average molecular weight is 364 g/mol. The molecule has 2 aromatic carbocycles. The van der Waals surface area contributed by atoms with E-state index in [0.717, 1.165) is 15.4 Å². The second kappa shape index (κ2) is 7.33. The highest BCUT2D eigenvalue weighted by Crippen LogP contribution is 2.25. The SMILES string of the molecule is Cc1cc(S(=O)(=O)N(C)C)cc(NC(=O)Cc2ccccc2F)c1C. The van der Waals surface area contributed by atoms with E-state index in [4.69, 9.17) is 0 Å². The molecule has 2 aromatic rings. The Morgan fingerprint density at radius 1 is 1.16 bits per heavy atom. The molecule has 0 heterocycles. The van der Waals surface area contributed by atoms with Crippen LogP contribution in [0.4, 0.5) is 10.1 Å². The summed E-state index contributed by atoms with van der Waals surface area (Å²) in [6.45, 7) is 3.57. The average Bonchev–Trinajstić information content (AvgIpc) is 2.53. The first-order valence-corrected chi connectivity index (χ1v) is 9.14. The number of hydrogen-bond acceptors (Lipinski definition) is 3. The van der Waals surface area contributed by atoms with Crippen molar-refractivity contribution >= 4 is 21.6 Å². The van der Waals surface area contributed by atoms with Gasteiger partial charge in [-0.1, -0.05) is 18.2 Å². The summed E-state index contributed by atoms with van der Waals surface area (Å²) >= 11 is 0. The number of nitrogens with one attached hydrogen (secondary N) is 1. The van der Waals surface area contributed by atoms with Crippen molar-refractivity contribution in [3.05, 3.63) is 58.9 Å². The lowest BCUT2D eigenvalue weighted by Crippen LogP contribution is -2.23. The van der Waals surface area contributed by atoms with Gasteiger partial charge in [-0.15, -0.1) is 0 Å². The standard InChI is InChI=1S/C18H21FN2O3S/c1-12-9-15(25(23,24)21(3)4)11-17(13(12)2)20-18(22)10-14-7-5-6-8-16(14)19/h5-9,11H,10H2,1-4H3,(H,20,22). The topological polar surface area (TPSA) is 66.5 Å². The van der Waals surface area contributed by atoms with Crippen molar-refractivity contribution < 1.29 is 17.6 Å². The van der Waals surface area contributed by atoms with Gasteiger partial charge in [-0.25, -0.2) is 17.1 Å². The number of benzene rings is 2. The summed E-state index contributed by atoms with van der Waals surface area (Å²) in [7, 11) is -0.727. The van der Waals surface area contributed by atoms with Gasteiger partial charge >= 0.3 is 0 Å². The molecule has 0 saturated carbocycles. The van der Waals surface area contributed by atoms with E-state index in [2.05, 4.69) is 5.32 Å². The Bertz CT molecular complexity index is 909. The van der Waals surface area contributed by atoms with Crippen molar-refractivity contribution in [3.8, 4) is 0 Å². The molecule has 0 radical (unpaired) electrons. The molecule has 134 valence electrons. The second-order valence-electron chi connectivity index (χ2n) is 6.02. The van der Waals surface area contributed by atoms with E-state index in [-0.39, 0.29) is 16.9 Å². The van der Waals surface area contributed by atoms with Crippen molar-refractivity contribution in [2.45, 2.75) is 25.2 Å². The minimum Gasteiger partial charge on any atom is -0.326 e. The Morgan fingerprint density at radius 3 is 2.40 bits per heavy atom. The maximum Gasteiger partial charge on any atom is 0.242 e. The van der Waals surface area contributed by atoms with Crippen LogP contribution in [-0.2, 0) is 21.2 Å². The van der Waals surface area contributed by atoms with Crippen LogP contribution in [-0.4, -0.2) is 32.7 Å². The van der Waals surface area contributed by atoms with E-state index in [1.807, 2.05) is 0 Å². The van der Waals surface area contributed by atoms with Gasteiger partial charge in [0.2, 0.25) is 15.9 Å². The Balaban J connectivity index is 2.32. The van der Waals surface area contributed by atoms with Gasteiger partial charge in [0, 0.05) is 19.8 Å². The first-order chi connectivity index (χ1) is 11.6. The molecule has 1 N–H and O–H groups in total. The molecule has 25 heavy (non-hydrogen) atoms. The van der Waals surface area contributed by atoms with Gasteiger partial charge in [-0.3, -0.25) is 4.79 Å². The molecular formula is C18H21FN2O3S. The summed E-state index contributed by atoms with van der Waals surface area (Å²) in [5.74, 6) is -0.860. The summed E-state index contributed by atoms with van der Waals surface area (Å²) in [6, 6.07) is 9.04. The Kier molecular flexibility index (Phi) is 5.59. The van der Waals surface area contributed by atoms with Crippen molar-refractivity contribution in [1.29, 1.82) is 0 Å². The van der Waals surface area contributed by atoms with Crippen LogP contribution in [0.25, 0.3) is 0 Å². The lowest BCUT2D eigenvalue weighted by molar-refractivity contribution is -0.115. The highest BCUT2D eigenvalue weighted by Gasteiger charge is 2.20. The molecule has 0 aromatic heterocycles. The molecule has 0 bridgehead atoms. The minimum atomic E-state index is -3.62. The molecule has 0 fully saturated rings. The first-order valence-electron chi connectivity index (χ1n) is 7.70. The molecular weight excluding hydrogens is 343 g/mol. The van der Waals surface area contributed by atoms with Crippen LogP contribution in [0.5, 0.6) is 0 Å². The molecule has 0 spiro atoms. The van der Waals surface area contributed by atoms with Crippen molar-refractivity contribution in [1.82, 2.24) is 4.31 Å². The number of hydrogen-bond donors (Lipinski definition) is 1. The summed E-state index contributed by atoms with van der Waals surface area (Å²) in [6.07, 6.45) is -0.129. The molecule has 2 rings (SSSR count). The number of halogens is 1. The number of carbonyl (C=O) groups is 1. The fourth-order valence-electron chi connectivity index (χ4n) is 2.32. The lowest BCUT2D eigenvalue weighted by Gasteiger charge is -2.16. The molecule has 0 atom stereocenters.